The highest BCUT2D eigenvalue weighted by Crippen LogP contribution is 2.27. The summed E-state index contributed by atoms with van der Waals surface area (Å²) >= 11 is 0. The molecule has 3 nitrogen and oxygen atoms in total. The minimum atomic E-state index is -3.34. The third kappa shape index (κ3) is 1.41. The lowest BCUT2D eigenvalue weighted by Crippen LogP contribution is -2.13. The van der Waals surface area contributed by atoms with Crippen LogP contribution in [0.1, 0.15) is 0 Å². The molecule has 0 saturated carbocycles. The summed E-state index contributed by atoms with van der Waals surface area (Å²) in [6.07, 6.45) is 5.14. The van der Waals surface area contributed by atoms with Gasteiger partial charge in [-0.15, -0.1) is 6.42 Å². The Morgan fingerprint density at radius 1 is 1.36 bits per heavy atom. The van der Waals surface area contributed by atoms with E-state index in [1.165, 1.54) is 4.31 Å². The Balaban J connectivity index is 2.33. The molecule has 2 rings (SSSR count). The normalized spacial score (nSPS) is 25.4. The minimum Gasteiger partial charge on any atom is -0.207 e. The zero-order valence-corrected chi connectivity index (χ0v) is 8.24. The van der Waals surface area contributed by atoms with Crippen LogP contribution >= 0.6 is 0 Å². The summed E-state index contributed by atoms with van der Waals surface area (Å²) in [6.45, 7) is 0.438. The molecule has 1 aromatic rings. The highest BCUT2D eigenvalue weighted by atomic mass is 32.2. The Hall–Kier alpha value is -1.31. The fraction of sp³-hybridized carbons (Fsp3) is 0.200. The average Bonchev–Trinajstić information content (AvgIpc) is 2.98. The van der Waals surface area contributed by atoms with Crippen molar-refractivity contribution in [3.8, 4) is 12.3 Å². The van der Waals surface area contributed by atoms with Gasteiger partial charge in [0.1, 0.15) is 0 Å². The van der Waals surface area contributed by atoms with Crippen molar-refractivity contribution in [3.05, 3.63) is 30.3 Å². The zero-order chi connectivity index (χ0) is 10.2. The zero-order valence-electron chi connectivity index (χ0n) is 7.42. The number of sulfonamides is 1. The number of benzene rings is 1. The van der Waals surface area contributed by atoms with Gasteiger partial charge in [0.25, 0.3) is 0 Å². The van der Waals surface area contributed by atoms with E-state index >= 15 is 0 Å². The summed E-state index contributed by atoms with van der Waals surface area (Å²) in [5.41, 5.74) is 0. The van der Waals surface area contributed by atoms with Crippen LogP contribution in [0.4, 0.5) is 0 Å². The van der Waals surface area contributed by atoms with E-state index in [1.54, 1.807) is 30.3 Å². The lowest BCUT2D eigenvalue weighted by atomic mass is 10.4. The topological polar surface area (TPSA) is 37.1 Å². The summed E-state index contributed by atoms with van der Waals surface area (Å²) in [5.74, 6) is 2.41. The van der Waals surface area contributed by atoms with Crippen molar-refractivity contribution in [3.63, 3.8) is 0 Å². The maximum absolute atomic E-state index is 11.8. The Bertz CT molecular complexity index is 473. The molecular weight excluding hydrogens is 198 g/mol. The summed E-state index contributed by atoms with van der Waals surface area (Å²) in [4.78, 5) is 0.303. The van der Waals surface area contributed by atoms with Crippen LogP contribution in [-0.4, -0.2) is 25.3 Å². The van der Waals surface area contributed by atoms with Crippen LogP contribution in [-0.2, 0) is 10.0 Å². The third-order valence-corrected chi connectivity index (χ3v) is 4.00. The fourth-order valence-electron chi connectivity index (χ4n) is 1.25. The van der Waals surface area contributed by atoms with Crippen molar-refractivity contribution in [2.24, 2.45) is 0 Å². The number of hydrogen-bond donors (Lipinski definition) is 0. The second kappa shape index (κ2) is 3.12. The number of terminal acetylenes is 1. The smallest absolute Gasteiger partial charge is 0.207 e. The second-order valence-electron chi connectivity index (χ2n) is 3.07. The van der Waals surface area contributed by atoms with E-state index in [9.17, 15) is 8.42 Å². The van der Waals surface area contributed by atoms with Gasteiger partial charge in [0.05, 0.1) is 10.9 Å². The van der Waals surface area contributed by atoms with Crippen molar-refractivity contribution in [1.29, 1.82) is 0 Å². The van der Waals surface area contributed by atoms with Crippen LogP contribution in [0.25, 0.3) is 0 Å². The molecule has 0 spiro atoms. The Labute approximate surface area is 83.4 Å². The van der Waals surface area contributed by atoms with Gasteiger partial charge in [-0.1, -0.05) is 24.1 Å². The van der Waals surface area contributed by atoms with Crippen LogP contribution in [0.5, 0.6) is 0 Å². The lowest BCUT2D eigenvalue weighted by molar-refractivity contribution is 0.559. The molecule has 0 bridgehead atoms. The molecular formula is C10H9NO2S. The second-order valence-corrected chi connectivity index (χ2v) is 4.96. The van der Waals surface area contributed by atoms with E-state index in [0.29, 0.717) is 11.4 Å². The molecule has 2 atom stereocenters. The fourth-order valence-corrected chi connectivity index (χ4v) is 2.76. The van der Waals surface area contributed by atoms with Gasteiger partial charge in [0.15, 0.2) is 0 Å². The third-order valence-electron chi connectivity index (χ3n) is 2.11. The molecule has 1 heterocycles. The Morgan fingerprint density at radius 2 is 2.00 bits per heavy atom. The molecule has 0 radical (unpaired) electrons. The van der Waals surface area contributed by atoms with Gasteiger partial charge in [-0.25, -0.2) is 8.42 Å². The van der Waals surface area contributed by atoms with Crippen LogP contribution in [0, 0.1) is 12.3 Å². The first-order valence-corrected chi connectivity index (χ1v) is 5.63. The predicted octanol–water partition coefficient (Wildman–Crippen LogP) is 0.693. The molecule has 0 aliphatic carbocycles. The maximum Gasteiger partial charge on any atom is 0.244 e. The molecule has 4 heteroatoms. The van der Waals surface area contributed by atoms with Gasteiger partial charge in [-0.2, -0.15) is 4.31 Å². The van der Waals surface area contributed by atoms with Crippen molar-refractivity contribution in [2.75, 3.05) is 6.54 Å². The SMILES string of the molecule is C#CC1CN1S(=O)(=O)c1ccccc1. The van der Waals surface area contributed by atoms with Crippen LogP contribution in [0.15, 0.2) is 35.2 Å². The summed E-state index contributed by atoms with van der Waals surface area (Å²) in [6, 6.07) is 8.06. The largest absolute Gasteiger partial charge is 0.244 e. The van der Waals surface area contributed by atoms with Gasteiger partial charge >= 0.3 is 0 Å². The summed E-state index contributed by atoms with van der Waals surface area (Å²) < 4.78 is 24.9. The molecule has 0 aromatic heterocycles. The number of hydrogen-bond acceptors (Lipinski definition) is 2. The van der Waals surface area contributed by atoms with Crippen molar-refractivity contribution < 1.29 is 8.42 Å². The van der Waals surface area contributed by atoms with Crippen LogP contribution in [0.3, 0.4) is 0 Å². The molecule has 1 aliphatic heterocycles. The molecule has 14 heavy (non-hydrogen) atoms. The van der Waals surface area contributed by atoms with E-state index in [0.717, 1.165) is 0 Å². The number of rotatable bonds is 2. The van der Waals surface area contributed by atoms with Gasteiger partial charge in [0.2, 0.25) is 10.0 Å². The van der Waals surface area contributed by atoms with Crippen LogP contribution < -0.4 is 0 Å². The quantitative estimate of drug-likeness (QED) is 0.528. The van der Waals surface area contributed by atoms with E-state index < -0.39 is 10.0 Å². The Kier molecular flexibility index (Phi) is 2.06. The minimum absolute atomic E-state index is 0.250. The maximum atomic E-state index is 11.8. The van der Waals surface area contributed by atoms with Crippen molar-refractivity contribution in [1.82, 2.24) is 4.31 Å². The first-order valence-electron chi connectivity index (χ1n) is 4.19. The monoisotopic (exact) mass is 207 g/mol. The van der Waals surface area contributed by atoms with E-state index in [2.05, 4.69) is 5.92 Å². The van der Waals surface area contributed by atoms with Gasteiger partial charge < -0.3 is 0 Å². The highest BCUT2D eigenvalue weighted by Gasteiger charge is 2.43. The molecule has 0 amide bonds. The van der Waals surface area contributed by atoms with E-state index in [4.69, 9.17) is 6.42 Å². The molecule has 0 N–H and O–H groups in total. The molecule has 1 aliphatic rings. The highest BCUT2D eigenvalue weighted by molar-refractivity contribution is 7.89. The Morgan fingerprint density at radius 3 is 2.50 bits per heavy atom. The molecule has 2 unspecified atom stereocenters. The molecule has 72 valence electrons. The van der Waals surface area contributed by atoms with E-state index in [-0.39, 0.29) is 6.04 Å². The first kappa shape index (κ1) is 9.25. The first-order chi connectivity index (χ1) is 6.66. The van der Waals surface area contributed by atoms with Gasteiger partial charge in [-0.3, -0.25) is 0 Å². The van der Waals surface area contributed by atoms with E-state index in [1.807, 2.05) is 0 Å². The van der Waals surface area contributed by atoms with Gasteiger partial charge in [0, 0.05) is 6.54 Å². The summed E-state index contributed by atoms with van der Waals surface area (Å²) in [5, 5.41) is 0. The van der Waals surface area contributed by atoms with Crippen molar-refractivity contribution >= 4 is 10.0 Å². The summed E-state index contributed by atoms with van der Waals surface area (Å²) in [7, 11) is -3.34. The average molecular weight is 207 g/mol. The lowest BCUT2D eigenvalue weighted by Gasteiger charge is -2.03. The molecule has 1 fully saturated rings. The molecule has 1 aromatic carbocycles. The molecule has 1 saturated heterocycles. The number of nitrogens with zero attached hydrogens (tertiary/aromatic N) is 1. The van der Waals surface area contributed by atoms with Crippen molar-refractivity contribution in [2.45, 2.75) is 10.9 Å². The van der Waals surface area contributed by atoms with Gasteiger partial charge in [-0.05, 0) is 12.1 Å². The van der Waals surface area contributed by atoms with Crippen LogP contribution in [0.2, 0.25) is 0 Å². The predicted molar refractivity (Wildman–Crippen MR) is 53.0 cm³/mol. The standard InChI is InChI=1S/C10H9NO2S/c1-2-9-8-11(9)14(12,13)10-6-4-3-5-7-10/h1,3-7,9H,8H2.